The molecule has 4 heteroatoms. The Morgan fingerprint density at radius 3 is 2.74 bits per heavy atom. The molecule has 1 aromatic rings. The number of esters is 1. The molecule has 2 saturated heterocycles. The highest BCUT2D eigenvalue weighted by Gasteiger charge is 2.50. The fraction of sp³-hybridized carbons (Fsp3) is 0.526. The maximum absolute atomic E-state index is 12.5. The molecule has 2 bridgehead atoms. The molecule has 0 unspecified atom stereocenters. The normalized spacial score (nSPS) is 30.7. The van der Waals surface area contributed by atoms with E-state index < -0.39 is 0 Å². The average molecular weight is 378 g/mol. The topological polar surface area (TPSA) is 29.5 Å². The van der Waals surface area contributed by atoms with E-state index in [4.69, 9.17) is 4.74 Å². The van der Waals surface area contributed by atoms with Crippen LogP contribution in [-0.4, -0.2) is 36.6 Å². The summed E-state index contributed by atoms with van der Waals surface area (Å²) >= 11 is 3.35. The highest BCUT2D eigenvalue weighted by molar-refractivity contribution is 9.11. The van der Waals surface area contributed by atoms with Gasteiger partial charge in [0.25, 0.3) is 0 Å². The standard InChI is InChI=1S/C19H24BrNO2/c1-13-4-6-14(7-5-13)16-12-15-8-9-17(18(16)19(22)23-2)21(15)11-3-10-20/h3-7,10,15-18H,8-9,11-12H2,1-2H3/b10-3+/t15-,16+,17+,18-/m0/s1. The first kappa shape index (κ1) is 16.7. The van der Waals surface area contributed by atoms with Crippen LogP contribution in [0.4, 0.5) is 0 Å². The number of aryl methyl sites for hydroxylation is 1. The zero-order valence-corrected chi connectivity index (χ0v) is 15.3. The van der Waals surface area contributed by atoms with E-state index in [9.17, 15) is 4.79 Å². The molecule has 0 aromatic heterocycles. The van der Waals surface area contributed by atoms with Gasteiger partial charge < -0.3 is 4.74 Å². The Labute approximate surface area is 146 Å². The number of ether oxygens (including phenoxy) is 1. The highest BCUT2D eigenvalue weighted by Crippen LogP contribution is 2.47. The van der Waals surface area contributed by atoms with Gasteiger partial charge in [0.2, 0.25) is 0 Å². The Morgan fingerprint density at radius 2 is 2.09 bits per heavy atom. The van der Waals surface area contributed by atoms with Crippen molar-refractivity contribution >= 4 is 21.9 Å². The van der Waals surface area contributed by atoms with Gasteiger partial charge in [0.1, 0.15) is 0 Å². The van der Waals surface area contributed by atoms with Crippen LogP contribution in [0, 0.1) is 12.8 Å². The number of carbonyl (C=O) groups is 1. The average Bonchev–Trinajstić information content (AvgIpc) is 2.84. The highest BCUT2D eigenvalue weighted by atomic mass is 79.9. The number of carbonyl (C=O) groups excluding carboxylic acids is 1. The summed E-state index contributed by atoms with van der Waals surface area (Å²) in [6.45, 7) is 3.00. The van der Waals surface area contributed by atoms with E-state index in [-0.39, 0.29) is 23.8 Å². The van der Waals surface area contributed by atoms with Crippen LogP contribution in [0.15, 0.2) is 35.3 Å². The molecular formula is C19H24BrNO2. The van der Waals surface area contributed by atoms with Crippen LogP contribution < -0.4 is 0 Å². The summed E-state index contributed by atoms with van der Waals surface area (Å²) in [7, 11) is 1.51. The van der Waals surface area contributed by atoms with Gasteiger partial charge in [-0.2, -0.15) is 0 Å². The summed E-state index contributed by atoms with van der Waals surface area (Å²) in [6.07, 6.45) is 5.42. The molecule has 0 aliphatic carbocycles. The van der Waals surface area contributed by atoms with Gasteiger partial charge >= 0.3 is 5.97 Å². The molecule has 0 amide bonds. The lowest BCUT2D eigenvalue weighted by atomic mass is 9.76. The number of benzene rings is 1. The maximum Gasteiger partial charge on any atom is 0.310 e. The lowest BCUT2D eigenvalue weighted by Crippen LogP contribution is -2.50. The number of hydrogen-bond acceptors (Lipinski definition) is 3. The summed E-state index contributed by atoms with van der Waals surface area (Å²) in [4.78, 5) is 16.9. The first-order valence-electron chi connectivity index (χ1n) is 8.31. The van der Waals surface area contributed by atoms with Gasteiger partial charge in [-0.05, 0) is 36.7 Å². The molecule has 124 valence electrons. The van der Waals surface area contributed by atoms with Crippen LogP contribution in [0.1, 0.15) is 36.3 Å². The molecule has 1 aromatic carbocycles. The minimum absolute atomic E-state index is 0.0613. The molecule has 3 rings (SSSR count). The zero-order valence-electron chi connectivity index (χ0n) is 13.7. The molecule has 2 heterocycles. The molecule has 4 atom stereocenters. The monoisotopic (exact) mass is 377 g/mol. The van der Waals surface area contributed by atoms with E-state index in [1.54, 1.807) is 0 Å². The second-order valence-corrected chi connectivity index (χ2v) is 7.19. The lowest BCUT2D eigenvalue weighted by molar-refractivity contribution is -0.150. The van der Waals surface area contributed by atoms with E-state index in [1.165, 1.54) is 24.7 Å². The molecule has 2 aliphatic rings. The third-order valence-electron chi connectivity index (χ3n) is 5.45. The lowest BCUT2D eigenvalue weighted by Gasteiger charge is -2.43. The van der Waals surface area contributed by atoms with Gasteiger partial charge in [0, 0.05) is 24.5 Å². The molecular weight excluding hydrogens is 354 g/mol. The number of piperidine rings is 1. The summed E-state index contributed by atoms with van der Waals surface area (Å²) in [5.41, 5.74) is 2.53. The summed E-state index contributed by atoms with van der Waals surface area (Å²) in [5, 5.41) is 0. The predicted octanol–water partition coefficient (Wildman–Crippen LogP) is 4.01. The van der Waals surface area contributed by atoms with Crippen molar-refractivity contribution in [1.82, 2.24) is 4.90 Å². The van der Waals surface area contributed by atoms with Gasteiger partial charge in [0.15, 0.2) is 0 Å². The minimum atomic E-state index is -0.0646. The molecule has 2 fully saturated rings. The second-order valence-electron chi connectivity index (χ2n) is 6.66. The first-order chi connectivity index (χ1) is 11.2. The Morgan fingerprint density at radius 1 is 1.35 bits per heavy atom. The van der Waals surface area contributed by atoms with E-state index in [0.29, 0.717) is 6.04 Å². The van der Waals surface area contributed by atoms with Crippen molar-refractivity contribution in [3.63, 3.8) is 0 Å². The Balaban J connectivity index is 1.91. The van der Waals surface area contributed by atoms with Crippen molar-refractivity contribution in [2.24, 2.45) is 5.92 Å². The van der Waals surface area contributed by atoms with Crippen molar-refractivity contribution in [1.29, 1.82) is 0 Å². The SMILES string of the molecule is COC(=O)[C@H]1[C@@H](c2ccc(C)cc2)C[C@@H]2CC[C@H]1N2C/C=C/Br. The summed E-state index contributed by atoms with van der Waals surface area (Å²) in [6, 6.07) is 9.51. The molecule has 3 nitrogen and oxygen atoms in total. The van der Waals surface area contributed by atoms with Crippen molar-refractivity contribution in [2.45, 2.75) is 44.2 Å². The molecule has 0 radical (unpaired) electrons. The fourth-order valence-electron chi connectivity index (χ4n) is 4.37. The molecule has 2 aliphatic heterocycles. The van der Waals surface area contributed by atoms with Gasteiger partial charge in [0.05, 0.1) is 13.0 Å². The van der Waals surface area contributed by atoms with Gasteiger partial charge in [-0.3, -0.25) is 9.69 Å². The van der Waals surface area contributed by atoms with Crippen LogP contribution in [0.3, 0.4) is 0 Å². The van der Waals surface area contributed by atoms with Crippen LogP contribution in [0.5, 0.6) is 0 Å². The van der Waals surface area contributed by atoms with Crippen molar-refractivity contribution in [2.75, 3.05) is 13.7 Å². The van der Waals surface area contributed by atoms with Crippen molar-refractivity contribution in [3.05, 3.63) is 46.5 Å². The van der Waals surface area contributed by atoms with Gasteiger partial charge in [-0.25, -0.2) is 0 Å². The number of halogens is 1. The third kappa shape index (κ3) is 3.24. The number of methoxy groups -OCH3 is 1. The molecule has 23 heavy (non-hydrogen) atoms. The van der Waals surface area contributed by atoms with Crippen molar-refractivity contribution < 1.29 is 9.53 Å². The number of hydrogen-bond donors (Lipinski definition) is 0. The van der Waals surface area contributed by atoms with E-state index in [1.807, 2.05) is 4.99 Å². The molecule has 0 N–H and O–H groups in total. The first-order valence-corrected chi connectivity index (χ1v) is 9.22. The largest absolute Gasteiger partial charge is 0.469 e. The smallest absolute Gasteiger partial charge is 0.310 e. The van der Waals surface area contributed by atoms with Crippen LogP contribution in [-0.2, 0) is 9.53 Å². The van der Waals surface area contributed by atoms with Crippen LogP contribution in [0.2, 0.25) is 0 Å². The second kappa shape index (κ2) is 7.18. The zero-order chi connectivity index (χ0) is 16.4. The third-order valence-corrected chi connectivity index (χ3v) is 5.82. The van der Waals surface area contributed by atoms with E-state index in [0.717, 1.165) is 19.4 Å². The Bertz CT molecular complexity index is 584. The van der Waals surface area contributed by atoms with E-state index >= 15 is 0 Å². The Kier molecular flexibility index (Phi) is 5.22. The minimum Gasteiger partial charge on any atom is -0.469 e. The molecule has 0 saturated carbocycles. The predicted molar refractivity (Wildman–Crippen MR) is 95.6 cm³/mol. The van der Waals surface area contributed by atoms with Gasteiger partial charge in [-0.1, -0.05) is 51.8 Å². The van der Waals surface area contributed by atoms with Crippen LogP contribution in [0.25, 0.3) is 0 Å². The molecule has 0 spiro atoms. The fourth-order valence-corrected chi connectivity index (χ4v) is 4.54. The van der Waals surface area contributed by atoms with Crippen LogP contribution >= 0.6 is 15.9 Å². The summed E-state index contributed by atoms with van der Waals surface area (Å²) < 4.78 is 5.18. The number of nitrogens with zero attached hydrogens (tertiary/aromatic N) is 1. The summed E-state index contributed by atoms with van der Waals surface area (Å²) in [5.74, 6) is 0.142. The Hall–Kier alpha value is -1.13. The van der Waals surface area contributed by atoms with E-state index in [2.05, 4.69) is 58.1 Å². The van der Waals surface area contributed by atoms with Gasteiger partial charge in [-0.15, -0.1) is 0 Å². The number of rotatable bonds is 4. The van der Waals surface area contributed by atoms with Crippen molar-refractivity contribution in [3.8, 4) is 0 Å². The maximum atomic E-state index is 12.5. The number of fused-ring (bicyclic) bond motifs is 2. The quantitative estimate of drug-likeness (QED) is 0.742.